The van der Waals surface area contributed by atoms with Crippen molar-refractivity contribution < 1.29 is 19.4 Å². The number of hydrogen-bond donors (Lipinski definition) is 2. The van der Waals surface area contributed by atoms with Gasteiger partial charge < -0.3 is 15.2 Å². The van der Waals surface area contributed by atoms with Crippen molar-refractivity contribution in [1.29, 1.82) is 0 Å². The van der Waals surface area contributed by atoms with Gasteiger partial charge in [0.25, 0.3) is 5.91 Å². The molecule has 0 heterocycles. The summed E-state index contributed by atoms with van der Waals surface area (Å²) in [6.07, 6.45) is 0.982. The molecule has 1 aromatic rings. The van der Waals surface area contributed by atoms with Gasteiger partial charge in [0, 0.05) is 0 Å². The predicted octanol–water partition coefficient (Wildman–Crippen LogP) is 2.65. The number of rotatable bonds is 5. The molecule has 1 amide bonds. The van der Waals surface area contributed by atoms with E-state index in [2.05, 4.69) is 21.2 Å². The van der Waals surface area contributed by atoms with Gasteiger partial charge in [-0.15, -0.1) is 0 Å². The molecule has 1 aliphatic rings. The summed E-state index contributed by atoms with van der Waals surface area (Å²) in [5.74, 6) is -0.836. The highest BCUT2D eigenvalue weighted by Gasteiger charge is 2.46. The van der Waals surface area contributed by atoms with E-state index >= 15 is 0 Å². The van der Waals surface area contributed by atoms with Crippen LogP contribution in [0.2, 0.25) is 0 Å². The van der Waals surface area contributed by atoms with E-state index < -0.39 is 23.5 Å². The van der Waals surface area contributed by atoms with Crippen LogP contribution < -0.4 is 10.1 Å². The lowest BCUT2D eigenvalue weighted by atomic mass is 9.76. The van der Waals surface area contributed by atoms with Crippen molar-refractivity contribution in [3.63, 3.8) is 0 Å². The number of carboxylic acid groups (broad SMARTS) is 1. The van der Waals surface area contributed by atoms with E-state index in [1.54, 1.807) is 13.0 Å². The first-order valence-corrected chi connectivity index (χ1v) is 7.61. The summed E-state index contributed by atoms with van der Waals surface area (Å²) in [7, 11) is 0. The molecule has 0 aromatic heterocycles. The van der Waals surface area contributed by atoms with Crippen LogP contribution in [0.4, 0.5) is 0 Å². The topological polar surface area (TPSA) is 75.6 Å². The van der Waals surface area contributed by atoms with E-state index in [-0.39, 0.29) is 0 Å². The highest BCUT2D eigenvalue weighted by molar-refractivity contribution is 9.10. The van der Waals surface area contributed by atoms with Crippen molar-refractivity contribution in [3.05, 3.63) is 28.2 Å². The van der Waals surface area contributed by atoms with Gasteiger partial charge in [-0.05, 0) is 66.7 Å². The smallest absolute Gasteiger partial charge is 0.329 e. The number of nitrogens with one attached hydrogen (secondary N) is 1. The lowest BCUT2D eigenvalue weighted by Gasteiger charge is -2.38. The molecule has 114 valence electrons. The van der Waals surface area contributed by atoms with Crippen LogP contribution in [0.25, 0.3) is 0 Å². The van der Waals surface area contributed by atoms with Crippen LogP contribution in [-0.4, -0.2) is 28.6 Å². The van der Waals surface area contributed by atoms with E-state index in [1.165, 1.54) is 0 Å². The Hall–Kier alpha value is -1.56. The third-order valence-electron chi connectivity index (χ3n) is 3.74. The highest BCUT2D eigenvalue weighted by atomic mass is 79.9. The fourth-order valence-corrected chi connectivity index (χ4v) is 2.79. The number of aliphatic carboxylic acids is 1. The molecule has 1 saturated carbocycles. The number of halogens is 1. The molecule has 2 rings (SSSR count). The Bertz CT molecular complexity index is 569. The molecule has 0 spiro atoms. The Morgan fingerprint density at radius 1 is 1.43 bits per heavy atom. The van der Waals surface area contributed by atoms with Gasteiger partial charge in [0.15, 0.2) is 6.10 Å². The zero-order valence-electron chi connectivity index (χ0n) is 12.0. The van der Waals surface area contributed by atoms with E-state index in [1.807, 2.05) is 19.1 Å². The van der Waals surface area contributed by atoms with Crippen molar-refractivity contribution in [2.45, 2.75) is 44.8 Å². The molecule has 21 heavy (non-hydrogen) atoms. The molecule has 0 aliphatic heterocycles. The van der Waals surface area contributed by atoms with Gasteiger partial charge in [-0.1, -0.05) is 6.07 Å². The van der Waals surface area contributed by atoms with E-state index in [4.69, 9.17) is 4.74 Å². The molecular weight excluding hydrogens is 338 g/mol. The van der Waals surface area contributed by atoms with Crippen LogP contribution in [0.3, 0.4) is 0 Å². The summed E-state index contributed by atoms with van der Waals surface area (Å²) < 4.78 is 6.37. The Kier molecular flexibility index (Phi) is 4.56. The maximum atomic E-state index is 12.1. The van der Waals surface area contributed by atoms with Crippen molar-refractivity contribution in [2.24, 2.45) is 0 Å². The van der Waals surface area contributed by atoms with Crippen LogP contribution >= 0.6 is 15.9 Å². The van der Waals surface area contributed by atoms with Crippen LogP contribution in [0.1, 0.15) is 31.7 Å². The van der Waals surface area contributed by atoms with Gasteiger partial charge in [-0.25, -0.2) is 4.79 Å². The maximum Gasteiger partial charge on any atom is 0.329 e. The van der Waals surface area contributed by atoms with Crippen LogP contribution in [0, 0.1) is 6.92 Å². The third-order valence-corrected chi connectivity index (χ3v) is 4.36. The summed E-state index contributed by atoms with van der Waals surface area (Å²) in [4.78, 5) is 23.4. The van der Waals surface area contributed by atoms with E-state index in [0.29, 0.717) is 18.6 Å². The summed E-state index contributed by atoms with van der Waals surface area (Å²) in [6.45, 7) is 3.56. The summed E-state index contributed by atoms with van der Waals surface area (Å²) in [6, 6.07) is 5.56. The molecule has 6 heteroatoms. The minimum Gasteiger partial charge on any atom is -0.480 e. The zero-order chi connectivity index (χ0) is 15.6. The zero-order valence-corrected chi connectivity index (χ0v) is 13.6. The third kappa shape index (κ3) is 3.37. The number of aryl methyl sites for hydroxylation is 1. The number of hydrogen-bond acceptors (Lipinski definition) is 3. The molecule has 1 aromatic carbocycles. The molecule has 0 saturated heterocycles. The average Bonchev–Trinajstić information content (AvgIpc) is 2.36. The van der Waals surface area contributed by atoms with Gasteiger partial charge in [0.1, 0.15) is 11.3 Å². The Morgan fingerprint density at radius 3 is 2.57 bits per heavy atom. The molecule has 1 fully saturated rings. The fourth-order valence-electron chi connectivity index (χ4n) is 2.21. The molecule has 0 bridgehead atoms. The predicted molar refractivity (Wildman–Crippen MR) is 81.3 cm³/mol. The largest absolute Gasteiger partial charge is 0.480 e. The fraction of sp³-hybridized carbons (Fsp3) is 0.467. The normalized spacial score (nSPS) is 17.5. The Morgan fingerprint density at radius 2 is 2.10 bits per heavy atom. The lowest BCUT2D eigenvalue weighted by Crippen LogP contribution is -2.61. The molecular formula is C15H18BrNO4. The second-order valence-corrected chi connectivity index (χ2v) is 6.28. The summed E-state index contributed by atoms with van der Waals surface area (Å²) in [5.41, 5.74) is -0.0372. The summed E-state index contributed by atoms with van der Waals surface area (Å²) in [5, 5.41) is 11.8. The monoisotopic (exact) mass is 355 g/mol. The first-order chi connectivity index (χ1) is 9.84. The number of carbonyl (C=O) groups is 2. The number of carbonyl (C=O) groups excluding carboxylic acids is 1. The van der Waals surface area contributed by atoms with Crippen molar-refractivity contribution >= 4 is 27.8 Å². The highest BCUT2D eigenvalue weighted by Crippen LogP contribution is 2.32. The number of amides is 1. The summed E-state index contributed by atoms with van der Waals surface area (Å²) >= 11 is 3.38. The maximum absolute atomic E-state index is 12.1. The molecule has 2 N–H and O–H groups in total. The average molecular weight is 356 g/mol. The Balaban J connectivity index is 2.01. The van der Waals surface area contributed by atoms with Crippen LogP contribution in [0.5, 0.6) is 5.75 Å². The first-order valence-electron chi connectivity index (χ1n) is 6.82. The minimum atomic E-state index is -1.11. The van der Waals surface area contributed by atoms with Gasteiger partial charge in [0.2, 0.25) is 0 Å². The molecule has 1 atom stereocenters. The SMILES string of the molecule is Cc1ccc(OC(C)C(=O)NC2(C(=O)O)CCC2)c(Br)c1. The molecule has 1 unspecified atom stereocenters. The van der Waals surface area contributed by atoms with Gasteiger partial charge in [-0.3, -0.25) is 4.79 Å². The number of carboxylic acids is 1. The minimum absolute atomic E-state index is 0.412. The Labute approximate surface area is 131 Å². The molecule has 5 nitrogen and oxygen atoms in total. The van der Waals surface area contributed by atoms with E-state index in [0.717, 1.165) is 16.5 Å². The molecule has 1 aliphatic carbocycles. The standard InChI is InChI=1S/C15H18BrNO4/c1-9-4-5-12(11(16)8-9)21-10(2)13(18)17-15(14(19)20)6-3-7-15/h4-5,8,10H,3,6-7H2,1-2H3,(H,17,18)(H,19,20). The first kappa shape index (κ1) is 15.8. The van der Waals surface area contributed by atoms with Crippen LogP contribution in [-0.2, 0) is 9.59 Å². The number of benzene rings is 1. The van der Waals surface area contributed by atoms with Gasteiger partial charge in [-0.2, -0.15) is 0 Å². The van der Waals surface area contributed by atoms with Crippen LogP contribution in [0.15, 0.2) is 22.7 Å². The second-order valence-electron chi connectivity index (χ2n) is 5.42. The van der Waals surface area contributed by atoms with E-state index in [9.17, 15) is 14.7 Å². The van der Waals surface area contributed by atoms with Gasteiger partial charge in [0.05, 0.1) is 4.47 Å². The van der Waals surface area contributed by atoms with Gasteiger partial charge >= 0.3 is 5.97 Å². The second kappa shape index (κ2) is 6.05. The lowest BCUT2D eigenvalue weighted by molar-refractivity contribution is -0.152. The quantitative estimate of drug-likeness (QED) is 0.851. The van der Waals surface area contributed by atoms with Crippen molar-refractivity contribution in [3.8, 4) is 5.75 Å². The van der Waals surface area contributed by atoms with Crippen molar-refractivity contribution in [1.82, 2.24) is 5.32 Å². The number of ether oxygens (including phenoxy) is 1. The molecule has 0 radical (unpaired) electrons. The van der Waals surface area contributed by atoms with Crippen molar-refractivity contribution in [2.75, 3.05) is 0 Å².